The molecular weight excluding hydrogens is 417 g/mol. The quantitative estimate of drug-likeness (QED) is 0.279. The van der Waals surface area contributed by atoms with Crippen molar-refractivity contribution in [3.8, 4) is 28.7 Å². The van der Waals surface area contributed by atoms with E-state index in [2.05, 4.69) is 4.98 Å². The summed E-state index contributed by atoms with van der Waals surface area (Å²) in [6.45, 7) is 0. The van der Waals surface area contributed by atoms with E-state index in [-0.39, 0.29) is 11.3 Å². The highest BCUT2D eigenvalue weighted by Gasteiger charge is 2.16. The molecule has 3 rings (SSSR count). The Labute approximate surface area is 185 Å². The van der Waals surface area contributed by atoms with Crippen LogP contribution < -0.4 is 23.7 Å². The maximum atomic E-state index is 13.0. The van der Waals surface area contributed by atoms with E-state index >= 15 is 0 Å². The van der Waals surface area contributed by atoms with Gasteiger partial charge in [-0.3, -0.25) is 0 Å². The molecule has 0 unspecified atom stereocenters. The van der Waals surface area contributed by atoms with Gasteiger partial charge in [0.1, 0.15) is 0 Å². The first-order valence-electron chi connectivity index (χ1n) is 9.78. The lowest BCUT2D eigenvalue weighted by Gasteiger charge is -2.14. The number of hydrogen-bond acceptors (Lipinski definition) is 7. The second kappa shape index (κ2) is 10.5. The molecule has 0 radical (unpaired) electrons. The average Bonchev–Trinajstić information content (AvgIpc) is 2.82. The summed E-state index contributed by atoms with van der Waals surface area (Å²) in [7, 11) is 6.19. The summed E-state index contributed by atoms with van der Waals surface area (Å²) in [4.78, 5) is 15.9. The predicted molar refractivity (Wildman–Crippen MR) is 116 cm³/mol. The van der Waals surface area contributed by atoms with Crippen LogP contribution in [0.5, 0.6) is 28.7 Å². The molecule has 8 heteroatoms. The first kappa shape index (κ1) is 22.9. The Morgan fingerprint density at radius 1 is 0.781 bits per heavy atom. The highest BCUT2D eigenvalue weighted by molar-refractivity contribution is 5.91. The molecule has 7 nitrogen and oxygen atoms in total. The number of pyridine rings is 1. The third kappa shape index (κ3) is 5.26. The van der Waals surface area contributed by atoms with E-state index in [1.165, 1.54) is 13.2 Å². The predicted octanol–water partition coefficient (Wildman–Crippen LogP) is 4.26. The van der Waals surface area contributed by atoms with Crippen LogP contribution in [0.1, 0.15) is 21.5 Å². The van der Waals surface area contributed by atoms with Crippen LogP contribution in [0.4, 0.5) is 4.39 Å². The number of esters is 1. The Balaban J connectivity index is 1.78. The average molecular weight is 441 g/mol. The number of benzene rings is 2. The van der Waals surface area contributed by atoms with Crippen LogP contribution in [-0.2, 0) is 12.8 Å². The number of aryl methyl sites for hydroxylation is 2. The smallest absolute Gasteiger partial charge is 0.345 e. The van der Waals surface area contributed by atoms with Gasteiger partial charge >= 0.3 is 5.97 Å². The van der Waals surface area contributed by atoms with Crippen molar-refractivity contribution in [2.24, 2.45) is 0 Å². The fourth-order valence-corrected chi connectivity index (χ4v) is 3.18. The minimum Gasteiger partial charge on any atom is -0.493 e. The van der Waals surface area contributed by atoms with E-state index in [4.69, 9.17) is 23.7 Å². The molecule has 0 bridgehead atoms. The van der Waals surface area contributed by atoms with E-state index in [1.807, 2.05) is 18.2 Å². The number of methoxy groups -OCH3 is 4. The second-order valence-electron chi connectivity index (χ2n) is 6.78. The van der Waals surface area contributed by atoms with Gasteiger partial charge in [0.25, 0.3) is 0 Å². The zero-order valence-corrected chi connectivity index (χ0v) is 18.3. The molecule has 0 atom stereocenters. The van der Waals surface area contributed by atoms with Gasteiger partial charge in [0, 0.05) is 6.20 Å². The number of carbonyl (C=O) groups excluding carboxylic acids is 1. The van der Waals surface area contributed by atoms with Crippen molar-refractivity contribution in [2.45, 2.75) is 12.8 Å². The number of carbonyl (C=O) groups is 1. The molecule has 0 aliphatic carbocycles. The maximum absolute atomic E-state index is 13.0. The summed E-state index contributed by atoms with van der Waals surface area (Å²) in [6.07, 6.45) is 2.46. The minimum absolute atomic E-state index is 0.135. The van der Waals surface area contributed by atoms with Gasteiger partial charge in [-0.2, -0.15) is 4.39 Å². The Morgan fingerprint density at radius 3 is 1.97 bits per heavy atom. The van der Waals surface area contributed by atoms with E-state index in [0.717, 1.165) is 23.4 Å². The Hall–Kier alpha value is -3.81. The minimum atomic E-state index is -0.673. The van der Waals surface area contributed by atoms with Crippen molar-refractivity contribution >= 4 is 5.97 Å². The standard InChI is InChI=1S/C24H24FNO6/c1-28-18-9-7-15(11-19(18)32-24(27)17-8-10-22(25)26-14-17)5-6-16-12-20(29-2)23(31-4)21(13-16)30-3/h7-14H,5-6H2,1-4H3. The molecule has 3 aromatic rings. The van der Waals surface area contributed by atoms with Crippen LogP contribution in [0.25, 0.3) is 0 Å². The first-order chi connectivity index (χ1) is 15.5. The van der Waals surface area contributed by atoms with Gasteiger partial charge in [-0.1, -0.05) is 6.07 Å². The number of aromatic nitrogens is 1. The zero-order chi connectivity index (χ0) is 23.1. The van der Waals surface area contributed by atoms with Crippen molar-refractivity contribution in [1.29, 1.82) is 0 Å². The van der Waals surface area contributed by atoms with Crippen molar-refractivity contribution in [3.05, 3.63) is 71.3 Å². The number of rotatable bonds is 9. The SMILES string of the molecule is COc1ccc(CCc2cc(OC)c(OC)c(OC)c2)cc1OC(=O)c1ccc(F)nc1. The number of hydrogen-bond donors (Lipinski definition) is 0. The molecule has 0 saturated carbocycles. The molecular formula is C24H24FNO6. The van der Waals surface area contributed by atoms with Gasteiger partial charge in [0.05, 0.1) is 34.0 Å². The maximum Gasteiger partial charge on any atom is 0.345 e. The molecule has 0 fully saturated rings. The lowest BCUT2D eigenvalue weighted by Crippen LogP contribution is -2.10. The van der Waals surface area contributed by atoms with Crippen molar-refractivity contribution < 1.29 is 32.9 Å². The van der Waals surface area contributed by atoms with E-state index in [1.54, 1.807) is 33.5 Å². The van der Waals surface area contributed by atoms with Crippen molar-refractivity contribution in [1.82, 2.24) is 4.98 Å². The fraction of sp³-hybridized carbons (Fsp3) is 0.250. The van der Waals surface area contributed by atoms with Gasteiger partial charge in [0.2, 0.25) is 11.7 Å². The second-order valence-corrected chi connectivity index (χ2v) is 6.78. The zero-order valence-electron chi connectivity index (χ0n) is 18.3. The monoisotopic (exact) mass is 441 g/mol. The fourth-order valence-electron chi connectivity index (χ4n) is 3.18. The van der Waals surface area contributed by atoms with Gasteiger partial charge < -0.3 is 23.7 Å². The summed E-state index contributed by atoms with van der Waals surface area (Å²) in [6, 6.07) is 11.6. The summed E-state index contributed by atoms with van der Waals surface area (Å²) >= 11 is 0. The molecule has 1 aromatic heterocycles. The molecule has 1 heterocycles. The van der Waals surface area contributed by atoms with Crippen molar-refractivity contribution in [3.63, 3.8) is 0 Å². The molecule has 0 spiro atoms. The topological polar surface area (TPSA) is 76.1 Å². The third-order valence-electron chi connectivity index (χ3n) is 4.82. The third-order valence-corrected chi connectivity index (χ3v) is 4.82. The Morgan fingerprint density at radius 2 is 1.41 bits per heavy atom. The molecule has 0 saturated heterocycles. The summed E-state index contributed by atoms with van der Waals surface area (Å²) < 4.78 is 40.0. The van der Waals surface area contributed by atoms with Crippen LogP contribution in [0.15, 0.2) is 48.7 Å². The Kier molecular flexibility index (Phi) is 7.49. The normalized spacial score (nSPS) is 10.4. The summed E-state index contributed by atoms with van der Waals surface area (Å²) in [5, 5.41) is 0. The number of nitrogens with zero attached hydrogens (tertiary/aromatic N) is 1. The van der Waals surface area contributed by atoms with Crippen LogP contribution >= 0.6 is 0 Å². The first-order valence-corrected chi connectivity index (χ1v) is 9.78. The van der Waals surface area contributed by atoms with Gasteiger partial charge in [-0.05, 0) is 60.4 Å². The molecule has 2 aromatic carbocycles. The lowest BCUT2D eigenvalue weighted by molar-refractivity contribution is 0.0729. The number of ether oxygens (including phenoxy) is 5. The van der Waals surface area contributed by atoms with Gasteiger partial charge in [-0.15, -0.1) is 0 Å². The molecule has 32 heavy (non-hydrogen) atoms. The lowest BCUT2D eigenvalue weighted by atomic mass is 10.0. The van der Waals surface area contributed by atoms with Crippen LogP contribution in [-0.4, -0.2) is 39.4 Å². The van der Waals surface area contributed by atoms with Gasteiger partial charge in [-0.25, -0.2) is 9.78 Å². The van der Waals surface area contributed by atoms with Crippen LogP contribution in [0.3, 0.4) is 0 Å². The number of halogens is 1. The van der Waals surface area contributed by atoms with Crippen LogP contribution in [0.2, 0.25) is 0 Å². The highest BCUT2D eigenvalue weighted by Crippen LogP contribution is 2.38. The van der Waals surface area contributed by atoms with Crippen LogP contribution in [0, 0.1) is 5.95 Å². The molecule has 0 aliphatic heterocycles. The van der Waals surface area contributed by atoms with E-state index < -0.39 is 11.9 Å². The van der Waals surface area contributed by atoms with Crippen molar-refractivity contribution in [2.75, 3.05) is 28.4 Å². The van der Waals surface area contributed by atoms with E-state index in [9.17, 15) is 9.18 Å². The molecule has 168 valence electrons. The van der Waals surface area contributed by atoms with Gasteiger partial charge in [0.15, 0.2) is 23.0 Å². The van der Waals surface area contributed by atoms with E-state index in [0.29, 0.717) is 35.8 Å². The largest absolute Gasteiger partial charge is 0.493 e. The molecule has 0 N–H and O–H groups in total. The molecule has 0 amide bonds. The Bertz CT molecular complexity index is 1060. The summed E-state index contributed by atoms with van der Waals surface area (Å²) in [5.74, 6) is 1.05. The molecule has 0 aliphatic rings. The highest BCUT2D eigenvalue weighted by atomic mass is 19.1. The summed E-state index contributed by atoms with van der Waals surface area (Å²) in [5.41, 5.74) is 2.06.